The van der Waals surface area contributed by atoms with Gasteiger partial charge in [-0.1, -0.05) is 11.3 Å². The summed E-state index contributed by atoms with van der Waals surface area (Å²) in [6.45, 7) is 0. The minimum Gasteiger partial charge on any atom is -0.480 e. The van der Waals surface area contributed by atoms with E-state index < -0.39 is 23.2 Å². The number of halogens is 3. The van der Waals surface area contributed by atoms with Gasteiger partial charge in [-0.25, -0.2) is 4.79 Å². The monoisotopic (exact) mass is 267 g/mol. The van der Waals surface area contributed by atoms with Crippen LogP contribution < -0.4 is 5.32 Å². The van der Waals surface area contributed by atoms with Gasteiger partial charge in [0.05, 0.1) is 0 Å². The molecule has 0 spiro atoms. The summed E-state index contributed by atoms with van der Waals surface area (Å²) >= 11 is 0.309. The van der Waals surface area contributed by atoms with Crippen molar-refractivity contribution in [3.63, 3.8) is 0 Å². The van der Waals surface area contributed by atoms with Crippen LogP contribution in [0.5, 0.6) is 0 Å². The molecular weight excluding hydrogens is 259 g/mol. The van der Waals surface area contributed by atoms with Gasteiger partial charge in [-0.2, -0.15) is 13.2 Å². The van der Waals surface area contributed by atoms with Crippen LogP contribution in [0.2, 0.25) is 0 Å². The van der Waals surface area contributed by atoms with Crippen molar-refractivity contribution < 1.29 is 23.1 Å². The zero-order valence-corrected chi connectivity index (χ0v) is 9.18. The van der Waals surface area contributed by atoms with Gasteiger partial charge in [0.15, 0.2) is 0 Å². The Kier molecular flexibility index (Phi) is 2.94. The number of nitrogens with one attached hydrogen (secondary N) is 1. The predicted molar refractivity (Wildman–Crippen MR) is 52.7 cm³/mol. The number of hydrogen-bond donors (Lipinski definition) is 2. The molecule has 1 saturated carbocycles. The van der Waals surface area contributed by atoms with E-state index in [1.807, 2.05) is 0 Å². The molecule has 0 radical (unpaired) electrons. The standard InChI is InChI=1S/C8H8F3N3O2S/c9-8(10,11)6-13-14-7(17-6)12-4(5(15)16)3-1-2-3/h3-4H,1-2H2,(H,12,14)(H,15,16). The van der Waals surface area contributed by atoms with Gasteiger partial charge >= 0.3 is 12.1 Å². The third-order valence-electron chi connectivity index (χ3n) is 2.31. The second kappa shape index (κ2) is 4.13. The summed E-state index contributed by atoms with van der Waals surface area (Å²) in [6, 6.07) is -0.885. The van der Waals surface area contributed by atoms with Gasteiger partial charge in [0, 0.05) is 0 Å². The van der Waals surface area contributed by atoms with Crippen LogP contribution in [0.25, 0.3) is 0 Å². The second-order valence-electron chi connectivity index (χ2n) is 3.71. The Bertz CT molecular complexity index is 430. The first-order valence-corrected chi connectivity index (χ1v) is 5.59. The fraction of sp³-hybridized carbons (Fsp3) is 0.625. The first-order chi connectivity index (χ1) is 7.88. The van der Waals surface area contributed by atoms with Gasteiger partial charge in [0.2, 0.25) is 10.1 Å². The minimum absolute atomic E-state index is 0.0364. The van der Waals surface area contributed by atoms with Crippen molar-refractivity contribution in [2.45, 2.75) is 25.1 Å². The normalized spacial score (nSPS) is 17.8. The van der Waals surface area contributed by atoms with E-state index in [-0.39, 0.29) is 11.0 Å². The largest absolute Gasteiger partial charge is 0.480 e. The fourth-order valence-electron chi connectivity index (χ4n) is 1.34. The highest BCUT2D eigenvalue weighted by Crippen LogP contribution is 2.37. The molecule has 1 fully saturated rings. The average molecular weight is 267 g/mol. The molecule has 0 amide bonds. The molecule has 0 aliphatic heterocycles. The van der Waals surface area contributed by atoms with Gasteiger partial charge in [0.25, 0.3) is 0 Å². The summed E-state index contributed by atoms with van der Waals surface area (Å²) in [6.07, 6.45) is -3.03. The average Bonchev–Trinajstić information content (AvgIpc) is 2.91. The van der Waals surface area contributed by atoms with E-state index in [0.29, 0.717) is 11.3 Å². The smallest absolute Gasteiger partial charge is 0.445 e. The number of carboxylic acids is 1. The topological polar surface area (TPSA) is 75.1 Å². The van der Waals surface area contributed by atoms with Crippen molar-refractivity contribution in [1.29, 1.82) is 0 Å². The Morgan fingerprint density at radius 3 is 2.53 bits per heavy atom. The van der Waals surface area contributed by atoms with Crippen LogP contribution in [-0.2, 0) is 11.0 Å². The third-order valence-corrected chi connectivity index (χ3v) is 3.21. The fourth-order valence-corrected chi connectivity index (χ4v) is 1.99. The third kappa shape index (κ3) is 2.84. The molecule has 1 aromatic heterocycles. The van der Waals surface area contributed by atoms with Crippen LogP contribution >= 0.6 is 11.3 Å². The van der Waals surface area contributed by atoms with Crippen molar-refractivity contribution >= 4 is 22.4 Å². The van der Waals surface area contributed by atoms with E-state index in [1.54, 1.807) is 0 Å². The summed E-state index contributed by atoms with van der Waals surface area (Å²) in [5.74, 6) is -1.12. The molecular formula is C8H8F3N3O2S. The van der Waals surface area contributed by atoms with Gasteiger partial charge < -0.3 is 10.4 Å². The number of rotatable bonds is 4. The zero-order valence-electron chi connectivity index (χ0n) is 8.36. The zero-order chi connectivity index (χ0) is 12.6. The summed E-state index contributed by atoms with van der Waals surface area (Å²) in [7, 11) is 0. The number of aliphatic carboxylic acids is 1. The van der Waals surface area contributed by atoms with Crippen molar-refractivity contribution in [3.05, 3.63) is 5.01 Å². The van der Waals surface area contributed by atoms with Gasteiger partial charge in [-0.05, 0) is 18.8 Å². The summed E-state index contributed by atoms with van der Waals surface area (Å²) in [4.78, 5) is 10.9. The number of carbonyl (C=O) groups is 1. The Morgan fingerprint density at radius 2 is 2.12 bits per heavy atom. The first kappa shape index (κ1) is 12.1. The van der Waals surface area contributed by atoms with Crippen LogP contribution in [-0.4, -0.2) is 27.3 Å². The summed E-state index contributed by atoms with van der Waals surface area (Å²) in [5.41, 5.74) is 0. The van der Waals surface area contributed by atoms with E-state index in [2.05, 4.69) is 15.5 Å². The van der Waals surface area contributed by atoms with Crippen LogP contribution in [0.4, 0.5) is 18.3 Å². The molecule has 5 nitrogen and oxygen atoms in total. The van der Waals surface area contributed by atoms with Crippen molar-refractivity contribution in [3.8, 4) is 0 Å². The van der Waals surface area contributed by atoms with Crippen molar-refractivity contribution in [2.24, 2.45) is 5.92 Å². The summed E-state index contributed by atoms with van der Waals surface area (Å²) < 4.78 is 36.7. The Labute approximate surface area is 97.7 Å². The maximum atomic E-state index is 12.2. The molecule has 1 aromatic rings. The molecule has 0 aromatic carbocycles. The predicted octanol–water partition coefficient (Wildman–Crippen LogP) is 1.83. The molecule has 17 heavy (non-hydrogen) atoms. The molecule has 1 atom stereocenters. The first-order valence-electron chi connectivity index (χ1n) is 4.78. The van der Waals surface area contributed by atoms with E-state index in [1.165, 1.54) is 0 Å². The lowest BCUT2D eigenvalue weighted by molar-refractivity contribution is -0.139. The number of hydrogen-bond acceptors (Lipinski definition) is 5. The van der Waals surface area contributed by atoms with E-state index >= 15 is 0 Å². The highest BCUT2D eigenvalue weighted by atomic mass is 32.1. The lowest BCUT2D eigenvalue weighted by atomic mass is 10.2. The Balaban J connectivity index is 2.07. The molecule has 1 unspecified atom stereocenters. The Morgan fingerprint density at radius 1 is 1.47 bits per heavy atom. The molecule has 0 bridgehead atoms. The molecule has 0 saturated heterocycles. The molecule has 2 rings (SSSR count). The van der Waals surface area contributed by atoms with Crippen molar-refractivity contribution in [1.82, 2.24) is 10.2 Å². The van der Waals surface area contributed by atoms with Crippen LogP contribution in [0.1, 0.15) is 17.8 Å². The highest BCUT2D eigenvalue weighted by molar-refractivity contribution is 7.15. The molecule has 1 heterocycles. The van der Waals surface area contributed by atoms with E-state index in [9.17, 15) is 18.0 Å². The quantitative estimate of drug-likeness (QED) is 0.870. The van der Waals surface area contributed by atoms with Gasteiger partial charge in [0.1, 0.15) is 6.04 Å². The van der Waals surface area contributed by atoms with E-state index in [4.69, 9.17) is 5.11 Å². The van der Waals surface area contributed by atoms with Crippen LogP contribution in [0.3, 0.4) is 0 Å². The van der Waals surface area contributed by atoms with Crippen molar-refractivity contribution in [2.75, 3.05) is 5.32 Å². The SMILES string of the molecule is O=C(O)C(Nc1nnc(C(F)(F)F)s1)C1CC1. The van der Waals surface area contributed by atoms with Crippen LogP contribution in [0, 0.1) is 5.92 Å². The molecule has 94 valence electrons. The number of nitrogens with zero attached hydrogens (tertiary/aromatic N) is 2. The van der Waals surface area contributed by atoms with E-state index in [0.717, 1.165) is 12.8 Å². The summed E-state index contributed by atoms with van der Waals surface area (Å²) in [5, 5.41) is 16.4. The van der Waals surface area contributed by atoms with Gasteiger partial charge in [-0.3, -0.25) is 0 Å². The lowest BCUT2D eigenvalue weighted by Gasteiger charge is -2.11. The van der Waals surface area contributed by atoms with Crippen LogP contribution in [0.15, 0.2) is 0 Å². The van der Waals surface area contributed by atoms with Gasteiger partial charge in [-0.15, -0.1) is 10.2 Å². The number of aromatic nitrogens is 2. The molecule has 2 N–H and O–H groups in total. The molecule has 1 aliphatic carbocycles. The Hall–Kier alpha value is -1.38. The second-order valence-corrected chi connectivity index (χ2v) is 4.69. The highest BCUT2D eigenvalue weighted by Gasteiger charge is 2.39. The maximum absolute atomic E-state index is 12.2. The number of carboxylic acid groups (broad SMARTS) is 1. The molecule has 1 aliphatic rings. The maximum Gasteiger partial charge on any atom is 0.445 e. The number of anilines is 1. The molecule has 9 heteroatoms. The minimum atomic E-state index is -4.55. The lowest BCUT2D eigenvalue weighted by Crippen LogP contribution is -2.31. The number of alkyl halides is 3.